The van der Waals surface area contributed by atoms with Crippen LogP contribution in [0.1, 0.15) is 63.3 Å². The molecular weight excluding hydrogens is 500 g/mol. The molecule has 0 aliphatic heterocycles. The van der Waals surface area contributed by atoms with Gasteiger partial charge in [0, 0.05) is 18.5 Å². The Balaban J connectivity index is 2.56. The lowest BCUT2D eigenvalue weighted by Gasteiger charge is -2.33. The van der Waals surface area contributed by atoms with Gasteiger partial charge >= 0.3 is 6.09 Å². The number of rotatable bonds is 11. The number of carbonyl (C=O) groups is 3. The molecule has 0 aliphatic carbocycles. The number of aryl methyl sites for hydroxylation is 1. The van der Waals surface area contributed by atoms with Gasteiger partial charge in [-0.25, -0.2) is 4.79 Å². The lowest BCUT2D eigenvalue weighted by atomic mass is 9.98. The molecule has 10 heteroatoms. The summed E-state index contributed by atoms with van der Waals surface area (Å²) in [6, 6.07) is 10.3. The number of ether oxygens (including phenoxy) is 1. The number of hydrogen-bond acceptors (Lipinski definition) is 7. The molecule has 2 aromatic rings. The van der Waals surface area contributed by atoms with Gasteiger partial charge in [0.05, 0.1) is 6.07 Å². The minimum Gasteiger partial charge on any atom is -0.508 e. The molecule has 0 heterocycles. The Morgan fingerprint density at radius 3 is 2.36 bits per heavy atom. The number of benzene rings is 2. The van der Waals surface area contributed by atoms with Gasteiger partial charge < -0.3 is 30.5 Å². The van der Waals surface area contributed by atoms with Crippen molar-refractivity contribution in [3.63, 3.8) is 0 Å². The fourth-order valence-corrected chi connectivity index (χ4v) is 3.93. The average Bonchev–Trinajstić information content (AvgIpc) is 2.85. The van der Waals surface area contributed by atoms with Crippen LogP contribution in [-0.4, -0.2) is 57.8 Å². The van der Waals surface area contributed by atoms with Crippen molar-refractivity contribution < 1.29 is 29.3 Å². The van der Waals surface area contributed by atoms with Crippen molar-refractivity contribution in [1.29, 1.82) is 5.26 Å². The van der Waals surface area contributed by atoms with Crippen molar-refractivity contribution in [2.24, 2.45) is 0 Å². The molecule has 2 unspecified atom stereocenters. The largest absolute Gasteiger partial charge is 0.508 e. The Kier molecular flexibility index (Phi) is 11.2. The number of carbonyl (C=O) groups excluding carboxylic acids is 3. The highest BCUT2D eigenvalue weighted by Crippen LogP contribution is 2.32. The molecule has 0 aromatic heterocycles. The first-order chi connectivity index (χ1) is 18.4. The van der Waals surface area contributed by atoms with Gasteiger partial charge in [0.25, 0.3) is 0 Å². The minimum atomic E-state index is -1.34. The van der Waals surface area contributed by atoms with Crippen molar-refractivity contribution in [2.75, 3.05) is 13.1 Å². The van der Waals surface area contributed by atoms with Crippen LogP contribution in [0.5, 0.6) is 11.5 Å². The summed E-state index contributed by atoms with van der Waals surface area (Å²) in [6.45, 7) is 8.55. The second kappa shape index (κ2) is 14.0. The van der Waals surface area contributed by atoms with Gasteiger partial charge in [0.1, 0.15) is 35.7 Å². The molecule has 0 saturated heterocycles. The maximum atomic E-state index is 14.0. The summed E-state index contributed by atoms with van der Waals surface area (Å²) in [5.41, 5.74) is 0.433. The second-order valence-corrected chi connectivity index (χ2v) is 10.3. The summed E-state index contributed by atoms with van der Waals surface area (Å²) in [4.78, 5) is 41.3. The molecule has 2 aromatic carbocycles. The summed E-state index contributed by atoms with van der Waals surface area (Å²) in [6.07, 6.45) is 0.674. The van der Waals surface area contributed by atoms with E-state index in [1.165, 1.54) is 18.2 Å². The molecule has 0 fully saturated rings. The van der Waals surface area contributed by atoms with Gasteiger partial charge in [-0.2, -0.15) is 5.26 Å². The zero-order valence-electron chi connectivity index (χ0n) is 23.2. The number of phenols is 2. The van der Waals surface area contributed by atoms with Crippen LogP contribution in [0.2, 0.25) is 0 Å². The van der Waals surface area contributed by atoms with Gasteiger partial charge in [-0.1, -0.05) is 43.7 Å². The molecule has 0 bridgehead atoms. The van der Waals surface area contributed by atoms with Gasteiger partial charge in [0.15, 0.2) is 0 Å². The molecule has 39 heavy (non-hydrogen) atoms. The Bertz CT molecular complexity index is 1180. The van der Waals surface area contributed by atoms with Gasteiger partial charge in [-0.05, 0) is 57.4 Å². The highest BCUT2D eigenvalue weighted by atomic mass is 16.6. The summed E-state index contributed by atoms with van der Waals surface area (Å²) in [5.74, 6) is -1.41. The minimum absolute atomic E-state index is 0.00966. The Hall–Kier alpha value is -4.26. The van der Waals surface area contributed by atoms with Gasteiger partial charge in [0.2, 0.25) is 11.8 Å². The summed E-state index contributed by atoms with van der Waals surface area (Å²) < 4.78 is 5.36. The van der Waals surface area contributed by atoms with Crippen LogP contribution < -0.4 is 10.6 Å². The molecule has 0 radical (unpaired) electrons. The van der Waals surface area contributed by atoms with E-state index in [1.54, 1.807) is 52.0 Å². The topological polar surface area (TPSA) is 152 Å². The van der Waals surface area contributed by atoms with Crippen LogP contribution in [0.25, 0.3) is 0 Å². The molecule has 210 valence electrons. The molecule has 2 rings (SSSR count). The number of hydrogen-bond donors (Lipinski definition) is 4. The summed E-state index contributed by atoms with van der Waals surface area (Å²) in [7, 11) is 0. The summed E-state index contributed by atoms with van der Waals surface area (Å²) in [5, 5.41) is 35.5. The Morgan fingerprint density at radius 2 is 1.77 bits per heavy atom. The molecule has 0 aliphatic rings. The molecule has 10 nitrogen and oxygen atoms in total. The van der Waals surface area contributed by atoms with Crippen LogP contribution in [0, 0.1) is 18.3 Å². The smallest absolute Gasteiger partial charge is 0.408 e. The van der Waals surface area contributed by atoms with Crippen molar-refractivity contribution in [3.05, 3.63) is 59.2 Å². The van der Waals surface area contributed by atoms with E-state index < -0.39 is 42.1 Å². The van der Waals surface area contributed by atoms with Crippen molar-refractivity contribution in [3.8, 4) is 17.6 Å². The van der Waals surface area contributed by atoms with E-state index in [1.807, 2.05) is 13.0 Å². The van der Waals surface area contributed by atoms with E-state index in [2.05, 4.69) is 10.6 Å². The highest BCUT2D eigenvalue weighted by molar-refractivity contribution is 5.93. The Labute approximate surface area is 229 Å². The number of nitrogens with zero attached hydrogens (tertiary/aromatic N) is 2. The van der Waals surface area contributed by atoms with Crippen LogP contribution in [0.4, 0.5) is 4.79 Å². The quantitative estimate of drug-likeness (QED) is 0.250. The fourth-order valence-electron chi connectivity index (χ4n) is 3.93. The predicted octanol–water partition coefficient (Wildman–Crippen LogP) is 3.85. The molecular formula is C29H38N4O6. The van der Waals surface area contributed by atoms with E-state index >= 15 is 0 Å². The number of aromatic hydroxyl groups is 2. The standard InChI is InChI=1S/C29H38N4O6/c1-6-7-16-31-26(36)24(22-10-8-9-19(2)25(22)35)33(17-15-30)27(37)23(32-28(38)39-29(3,4)5)18-20-11-13-21(34)14-12-20/h8-14,23-24,34-35H,6-7,16-18H2,1-5H3,(H,31,36)(H,32,38). The second-order valence-electron chi connectivity index (χ2n) is 10.3. The number of para-hydroxylation sites is 1. The van der Waals surface area contributed by atoms with Crippen LogP contribution in [0.3, 0.4) is 0 Å². The number of phenolic OH excluding ortho intramolecular Hbond substituents is 2. The first kappa shape index (κ1) is 31.0. The number of nitriles is 1. The molecule has 4 N–H and O–H groups in total. The lowest BCUT2D eigenvalue weighted by molar-refractivity contribution is -0.141. The molecule has 0 spiro atoms. The van der Waals surface area contributed by atoms with E-state index in [0.29, 0.717) is 24.1 Å². The number of alkyl carbamates (subject to hydrolysis) is 1. The van der Waals surface area contributed by atoms with Crippen molar-refractivity contribution in [2.45, 2.75) is 71.6 Å². The maximum absolute atomic E-state index is 14.0. The van der Waals surface area contributed by atoms with Crippen LogP contribution in [-0.2, 0) is 20.7 Å². The van der Waals surface area contributed by atoms with Crippen LogP contribution >= 0.6 is 0 Å². The molecule has 2 atom stereocenters. The third-order valence-electron chi connectivity index (χ3n) is 5.84. The third kappa shape index (κ3) is 9.21. The SMILES string of the molecule is CCCCNC(=O)C(c1cccc(C)c1O)N(CC#N)C(=O)C(Cc1ccc(O)cc1)NC(=O)OC(C)(C)C. The van der Waals surface area contributed by atoms with E-state index in [9.17, 15) is 29.9 Å². The number of amides is 3. The normalized spacial score (nSPS) is 12.5. The van der Waals surface area contributed by atoms with Gasteiger partial charge in [-0.15, -0.1) is 0 Å². The first-order valence-corrected chi connectivity index (χ1v) is 12.9. The third-order valence-corrected chi connectivity index (χ3v) is 5.84. The zero-order chi connectivity index (χ0) is 29.2. The molecule has 3 amide bonds. The maximum Gasteiger partial charge on any atom is 0.408 e. The van der Waals surface area contributed by atoms with Crippen molar-refractivity contribution in [1.82, 2.24) is 15.5 Å². The first-order valence-electron chi connectivity index (χ1n) is 12.9. The van der Waals surface area contributed by atoms with E-state index in [0.717, 1.165) is 11.3 Å². The number of nitrogens with one attached hydrogen (secondary N) is 2. The van der Waals surface area contributed by atoms with Gasteiger partial charge in [-0.3, -0.25) is 9.59 Å². The zero-order valence-corrected chi connectivity index (χ0v) is 23.2. The predicted molar refractivity (Wildman–Crippen MR) is 146 cm³/mol. The monoisotopic (exact) mass is 538 g/mol. The highest BCUT2D eigenvalue weighted by Gasteiger charge is 2.37. The number of unbranched alkanes of at least 4 members (excludes halogenated alkanes) is 1. The van der Waals surface area contributed by atoms with Crippen LogP contribution in [0.15, 0.2) is 42.5 Å². The Morgan fingerprint density at radius 1 is 1.10 bits per heavy atom. The molecule has 0 saturated carbocycles. The fraction of sp³-hybridized carbons (Fsp3) is 0.448. The van der Waals surface area contributed by atoms with E-state index in [4.69, 9.17) is 4.74 Å². The van der Waals surface area contributed by atoms with E-state index in [-0.39, 0.29) is 23.5 Å². The summed E-state index contributed by atoms with van der Waals surface area (Å²) >= 11 is 0. The average molecular weight is 539 g/mol. The van der Waals surface area contributed by atoms with Crippen molar-refractivity contribution >= 4 is 17.9 Å². The lowest BCUT2D eigenvalue weighted by Crippen LogP contribution is -2.54.